The average molecular weight is 168 g/mol. The highest BCUT2D eigenvalue weighted by Gasteiger charge is 2.10. The van der Waals surface area contributed by atoms with Gasteiger partial charge in [0.25, 0.3) is 0 Å². The van der Waals surface area contributed by atoms with Gasteiger partial charge in [0.05, 0.1) is 12.6 Å². The van der Waals surface area contributed by atoms with Crippen LogP contribution in [0.3, 0.4) is 0 Å². The van der Waals surface area contributed by atoms with E-state index >= 15 is 0 Å². The number of aromatic nitrogens is 1. The van der Waals surface area contributed by atoms with E-state index in [0.29, 0.717) is 6.04 Å². The molecule has 1 atom stereocenters. The lowest BCUT2D eigenvalue weighted by Crippen LogP contribution is -2.19. The number of nitrogens with two attached hydrogens (primary N) is 1. The van der Waals surface area contributed by atoms with Crippen molar-refractivity contribution in [2.24, 2.45) is 5.73 Å². The largest absolute Gasteiger partial charge is 0.394 e. The molecule has 0 aliphatic rings. The SMILES string of the molecule is CC(C)n1cccc1[C@@H](N)CO. The Morgan fingerprint density at radius 2 is 2.25 bits per heavy atom. The first-order chi connectivity index (χ1) is 5.66. The Bertz CT molecular complexity index is 242. The fourth-order valence-corrected chi connectivity index (χ4v) is 1.29. The van der Waals surface area contributed by atoms with E-state index in [2.05, 4.69) is 18.4 Å². The summed E-state index contributed by atoms with van der Waals surface area (Å²) in [6.07, 6.45) is 1.98. The molecule has 68 valence electrons. The molecule has 1 heterocycles. The van der Waals surface area contributed by atoms with Crippen LogP contribution in [0, 0.1) is 0 Å². The van der Waals surface area contributed by atoms with E-state index in [4.69, 9.17) is 10.8 Å². The Morgan fingerprint density at radius 3 is 2.75 bits per heavy atom. The number of rotatable bonds is 3. The van der Waals surface area contributed by atoms with Crippen molar-refractivity contribution < 1.29 is 5.11 Å². The highest BCUT2D eigenvalue weighted by atomic mass is 16.3. The van der Waals surface area contributed by atoms with E-state index in [1.54, 1.807) is 0 Å². The maximum absolute atomic E-state index is 8.87. The zero-order valence-electron chi connectivity index (χ0n) is 7.57. The van der Waals surface area contributed by atoms with Gasteiger partial charge in [-0.2, -0.15) is 0 Å². The summed E-state index contributed by atoms with van der Waals surface area (Å²) in [4.78, 5) is 0. The zero-order chi connectivity index (χ0) is 9.14. The molecular formula is C9H16N2O. The monoisotopic (exact) mass is 168 g/mol. The minimum Gasteiger partial charge on any atom is -0.394 e. The van der Waals surface area contributed by atoms with E-state index in [0.717, 1.165) is 5.69 Å². The molecule has 0 aliphatic heterocycles. The van der Waals surface area contributed by atoms with Crippen LogP contribution < -0.4 is 5.73 Å². The molecule has 3 nitrogen and oxygen atoms in total. The molecule has 1 rings (SSSR count). The summed E-state index contributed by atoms with van der Waals surface area (Å²) in [7, 11) is 0. The second kappa shape index (κ2) is 3.74. The predicted molar refractivity (Wildman–Crippen MR) is 48.8 cm³/mol. The molecule has 0 saturated heterocycles. The molecule has 0 aliphatic carbocycles. The Kier molecular flexibility index (Phi) is 2.89. The number of hydrogen-bond donors (Lipinski definition) is 2. The molecule has 3 N–H and O–H groups in total. The molecule has 0 saturated carbocycles. The van der Waals surface area contributed by atoms with Crippen LogP contribution in [-0.2, 0) is 0 Å². The summed E-state index contributed by atoms with van der Waals surface area (Å²) in [6.45, 7) is 4.18. The van der Waals surface area contributed by atoms with E-state index in [1.807, 2.05) is 18.3 Å². The average Bonchev–Trinajstić information content (AvgIpc) is 2.50. The molecule has 0 bridgehead atoms. The summed E-state index contributed by atoms with van der Waals surface area (Å²) in [6, 6.07) is 4.03. The van der Waals surface area contributed by atoms with Crippen LogP contribution in [0.4, 0.5) is 0 Å². The van der Waals surface area contributed by atoms with Gasteiger partial charge in [-0.25, -0.2) is 0 Å². The summed E-state index contributed by atoms with van der Waals surface area (Å²) in [5, 5.41) is 8.87. The van der Waals surface area contributed by atoms with Crippen LogP contribution in [0.1, 0.15) is 31.6 Å². The van der Waals surface area contributed by atoms with Crippen LogP contribution in [0.5, 0.6) is 0 Å². The summed E-state index contributed by atoms with van der Waals surface area (Å²) in [5.41, 5.74) is 6.70. The van der Waals surface area contributed by atoms with E-state index in [9.17, 15) is 0 Å². The maximum atomic E-state index is 8.87. The van der Waals surface area contributed by atoms with Crippen molar-refractivity contribution in [3.05, 3.63) is 24.0 Å². The topological polar surface area (TPSA) is 51.2 Å². The van der Waals surface area contributed by atoms with Crippen molar-refractivity contribution >= 4 is 0 Å². The summed E-state index contributed by atoms with van der Waals surface area (Å²) >= 11 is 0. The fourth-order valence-electron chi connectivity index (χ4n) is 1.29. The van der Waals surface area contributed by atoms with Crippen molar-refractivity contribution in [3.8, 4) is 0 Å². The molecule has 0 aromatic carbocycles. The summed E-state index contributed by atoms with van der Waals surface area (Å²) < 4.78 is 2.07. The molecule has 0 radical (unpaired) electrons. The highest BCUT2D eigenvalue weighted by molar-refractivity contribution is 5.12. The Labute approximate surface area is 72.8 Å². The number of nitrogens with zero attached hydrogens (tertiary/aromatic N) is 1. The van der Waals surface area contributed by atoms with Crippen LogP contribution >= 0.6 is 0 Å². The van der Waals surface area contributed by atoms with Crippen molar-refractivity contribution in [2.75, 3.05) is 6.61 Å². The third-order valence-electron chi connectivity index (χ3n) is 1.94. The number of aliphatic hydroxyl groups excluding tert-OH is 1. The smallest absolute Gasteiger partial charge is 0.0684 e. The van der Waals surface area contributed by atoms with Gasteiger partial charge in [0.2, 0.25) is 0 Å². The predicted octanol–water partition coefficient (Wildman–Crippen LogP) is 1.06. The second-order valence-corrected chi connectivity index (χ2v) is 3.22. The third kappa shape index (κ3) is 1.68. The molecule has 0 unspecified atom stereocenters. The number of hydrogen-bond acceptors (Lipinski definition) is 2. The van der Waals surface area contributed by atoms with Crippen molar-refractivity contribution in [2.45, 2.75) is 25.9 Å². The van der Waals surface area contributed by atoms with Crippen molar-refractivity contribution in [1.29, 1.82) is 0 Å². The molecule has 1 aromatic heterocycles. The minimum absolute atomic E-state index is 0.00324. The van der Waals surface area contributed by atoms with Gasteiger partial charge in [0.1, 0.15) is 0 Å². The maximum Gasteiger partial charge on any atom is 0.0684 e. The van der Waals surface area contributed by atoms with Crippen LogP contribution in [0.25, 0.3) is 0 Å². The molecular weight excluding hydrogens is 152 g/mol. The van der Waals surface area contributed by atoms with Gasteiger partial charge in [0.15, 0.2) is 0 Å². The Balaban J connectivity index is 2.91. The first-order valence-electron chi connectivity index (χ1n) is 4.20. The minimum atomic E-state index is -0.262. The molecule has 12 heavy (non-hydrogen) atoms. The molecule has 3 heteroatoms. The summed E-state index contributed by atoms with van der Waals surface area (Å²) in [5.74, 6) is 0. The quantitative estimate of drug-likeness (QED) is 0.709. The second-order valence-electron chi connectivity index (χ2n) is 3.22. The normalized spacial score (nSPS) is 13.8. The third-order valence-corrected chi connectivity index (χ3v) is 1.94. The molecule has 0 spiro atoms. The fraction of sp³-hybridized carbons (Fsp3) is 0.556. The van der Waals surface area contributed by atoms with Crippen molar-refractivity contribution in [1.82, 2.24) is 4.57 Å². The van der Waals surface area contributed by atoms with E-state index in [1.165, 1.54) is 0 Å². The number of aliphatic hydroxyl groups is 1. The Hall–Kier alpha value is -0.800. The van der Waals surface area contributed by atoms with Gasteiger partial charge < -0.3 is 15.4 Å². The molecule has 0 fully saturated rings. The van der Waals surface area contributed by atoms with E-state index < -0.39 is 0 Å². The van der Waals surface area contributed by atoms with Gasteiger partial charge in [0, 0.05) is 17.9 Å². The van der Waals surface area contributed by atoms with Gasteiger partial charge >= 0.3 is 0 Å². The Morgan fingerprint density at radius 1 is 1.58 bits per heavy atom. The van der Waals surface area contributed by atoms with Crippen LogP contribution in [-0.4, -0.2) is 16.3 Å². The van der Waals surface area contributed by atoms with Gasteiger partial charge in [-0.15, -0.1) is 0 Å². The zero-order valence-corrected chi connectivity index (χ0v) is 7.57. The standard InChI is InChI=1S/C9H16N2O/c1-7(2)11-5-3-4-9(11)8(10)6-12/h3-5,7-8,12H,6,10H2,1-2H3/t8-/m0/s1. The highest BCUT2D eigenvalue weighted by Crippen LogP contribution is 2.15. The van der Waals surface area contributed by atoms with Gasteiger partial charge in [-0.1, -0.05) is 0 Å². The molecule has 1 aromatic rings. The van der Waals surface area contributed by atoms with Crippen LogP contribution in [0.2, 0.25) is 0 Å². The van der Waals surface area contributed by atoms with Crippen LogP contribution in [0.15, 0.2) is 18.3 Å². The molecule has 0 amide bonds. The lowest BCUT2D eigenvalue weighted by Gasteiger charge is -2.16. The van der Waals surface area contributed by atoms with Crippen molar-refractivity contribution in [3.63, 3.8) is 0 Å². The lowest BCUT2D eigenvalue weighted by atomic mass is 10.2. The first kappa shape index (κ1) is 9.29. The first-order valence-corrected chi connectivity index (χ1v) is 4.20. The van der Waals surface area contributed by atoms with E-state index in [-0.39, 0.29) is 12.6 Å². The van der Waals surface area contributed by atoms with Gasteiger partial charge in [-0.3, -0.25) is 0 Å². The van der Waals surface area contributed by atoms with Gasteiger partial charge in [-0.05, 0) is 26.0 Å². The lowest BCUT2D eigenvalue weighted by molar-refractivity contribution is 0.262.